The number of halogens is 1. The summed E-state index contributed by atoms with van der Waals surface area (Å²) in [6.45, 7) is 2.04. The SMILES string of the molecule is Nc1ccc(N2CCCCC2)c(NC(=O)c2ccc(Br)cc2)c1. The quantitative estimate of drug-likeness (QED) is 0.789. The fourth-order valence-electron chi connectivity index (χ4n) is 2.86. The van der Waals surface area contributed by atoms with Crippen molar-refractivity contribution in [3.8, 4) is 0 Å². The second-order valence-electron chi connectivity index (χ2n) is 5.79. The molecule has 2 aromatic carbocycles. The summed E-state index contributed by atoms with van der Waals surface area (Å²) >= 11 is 3.38. The number of carbonyl (C=O) groups is 1. The van der Waals surface area contributed by atoms with Crippen LogP contribution >= 0.6 is 15.9 Å². The molecule has 3 N–H and O–H groups in total. The monoisotopic (exact) mass is 373 g/mol. The minimum atomic E-state index is -0.124. The van der Waals surface area contributed by atoms with Crippen LogP contribution < -0.4 is 16.0 Å². The van der Waals surface area contributed by atoms with Crippen molar-refractivity contribution in [2.45, 2.75) is 19.3 Å². The maximum absolute atomic E-state index is 12.5. The third kappa shape index (κ3) is 3.85. The molecule has 1 heterocycles. The first-order chi connectivity index (χ1) is 11.1. The molecule has 1 aliphatic rings. The average Bonchev–Trinajstić information content (AvgIpc) is 2.56. The summed E-state index contributed by atoms with van der Waals surface area (Å²) in [6, 6.07) is 13.0. The lowest BCUT2D eigenvalue weighted by atomic mass is 10.1. The van der Waals surface area contributed by atoms with Gasteiger partial charge in [-0.25, -0.2) is 0 Å². The van der Waals surface area contributed by atoms with Gasteiger partial charge in [-0.1, -0.05) is 15.9 Å². The van der Waals surface area contributed by atoms with Crippen molar-refractivity contribution in [3.63, 3.8) is 0 Å². The van der Waals surface area contributed by atoms with E-state index in [0.717, 1.165) is 28.9 Å². The number of hydrogen-bond acceptors (Lipinski definition) is 3. The van der Waals surface area contributed by atoms with Crippen molar-refractivity contribution in [1.82, 2.24) is 0 Å². The van der Waals surface area contributed by atoms with Gasteiger partial charge in [-0.2, -0.15) is 0 Å². The van der Waals surface area contributed by atoms with Gasteiger partial charge in [-0.3, -0.25) is 4.79 Å². The summed E-state index contributed by atoms with van der Waals surface area (Å²) in [5.41, 5.74) is 9.01. The highest BCUT2D eigenvalue weighted by Crippen LogP contribution is 2.31. The summed E-state index contributed by atoms with van der Waals surface area (Å²) in [5.74, 6) is -0.124. The number of anilines is 3. The molecule has 0 aliphatic carbocycles. The molecule has 1 aliphatic heterocycles. The molecule has 0 saturated carbocycles. The molecule has 1 saturated heterocycles. The van der Waals surface area contributed by atoms with Crippen LogP contribution in [0.3, 0.4) is 0 Å². The fourth-order valence-corrected chi connectivity index (χ4v) is 3.12. The maximum atomic E-state index is 12.5. The topological polar surface area (TPSA) is 58.4 Å². The van der Waals surface area contributed by atoms with E-state index in [1.165, 1.54) is 19.3 Å². The van der Waals surface area contributed by atoms with Gasteiger partial charge in [-0.15, -0.1) is 0 Å². The molecule has 0 aromatic heterocycles. The van der Waals surface area contributed by atoms with E-state index in [1.807, 2.05) is 30.3 Å². The smallest absolute Gasteiger partial charge is 0.255 e. The number of piperidine rings is 1. The zero-order chi connectivity index (χ0) is 16.2. The first kappa shape index (κ1) is 15.9. The molecule has 1 fully saturated rings. The van der Waals surface area contributed by atoms with E-state index in [1.54, 1.807) is 12.1 Å². The Morgan fingerprint density at radius 3 is 2.43 bits per heavy atom. The van der Waals surface area contributed by atoms with E-state index >= 15 is 0 Å². The highest BCUT2D eigenvalue weighted by Gasteiger charge is 2.16. The summed E-state index contributed by atoms with van der Waals surface area (Å²) in [6.07, 6.45) is 3.64. The predicted molar refractivity (Wildman–Crippen MR) is 99.0 cm³/mol. The van der Waals surface area contributed by atoms with Crippen molar-refractivity contribution in [2.24, 2.45) is 0 Å². The molecular weight excluding hydrogens is 354 g/mol. The van der Waals surface area contributed by atoms with E-state index in [9.17, 15) is 4.79 Å². The normalized spacial score (nSPS) is 14.6. The first-order valence-corrected chi connectivity index (χ1v) is 8.64. The van der Waals surface area contributed by atoms with Crippen molar-refractivity contribution >= 4 is 38.9 Å². The Balaban J connectivity index is 1.84. The zero-order valence-corrected chi connectivity index (χ0v) is 14.5. The zero-order valence-electron chi connectivity index (χ0n) is 12.9. The minimum Gasteiger partial charge on any atom is -0.399 e. The largest absolute Gasteiger partial charge is 0.399 e. The van der Waals surface area contributed by atoms with E-state index in [2.05, 4.69) is 26.1 Å². The van der Waals surface area contributed by atoms with Crippen LogP contribution in [0, 0.1) is 0 Å². The number of nitrogen functional groups attached to an aromatic ring is 1. The van der Waals surface area contributed by atoms with Crippen molar-refractivity contribution in [2.75, 3.05) is 29.0 Å². The van der Waals surface area contributed by atoms with Crippen LogP contribution in [-0.4, -0.2) is 19.0 Å². The Kier molecular flexibility index (Phi) is 4.86. The second kappa shape index (κ2) is 7.04. The van der Waals surface area contributed by atoms with E-state index in [4.69, 9.17) is 5.73 Å². The maximum Gasteiger partial charge on any atom is 0.255 e. The Morgan fingerprint density at radius 1 is 1.04 bits per heavy atom. The van der Waals surface area contributed by atoms with E-state index < -0.39 is 0 Å². The van der Waals surface area contributed by atoms with Gasteiger partial charge in [0.2, 0.25) is 0 Å². The third-order valence-electron chi connectivity index (χ3n) is 4.07. The number of nitrogens with zero attached hydrogens (tertiary/aromatic N) is 1. The van der Waals surface area contributed by atoms with Crippen LogP contribution in [0.2, 0.25) is 0 Å². The van der Waals surface area contributed by atoms with Crippen LogP contribution in [-0.2, 0) is 0 Å². The Morgan fingerprint density at radius 2 is 1.74 bits per heavy atom. The Labute approximate surface area is 144 Å². The third-order valence-corrected chi connectivity index (χ3v) is 4.60. The number of carbonyl (C=O) groups excluding carboxylic acids is 1. The molecule has 0 unspecified atom stereocenters. The lowest BCUT2D eigenvalue weighted by molar-refractivity contribution is 0.102. The molecule has 1 amide bonds. The van der Waals surface area contributed by atoms with Gasteiger partial charge in [0.05, 0.1) is 11.4 Å². The van der Waals surface area contributed by atoms with Gasteiger partial charge in [0.1, 0.15) is 0 Å². The molecule has 2 aromatic rings. The highest BCUT2D eigenvalue weighted by atomic mass is 79.9. The molecule has 0 radical (unpaired) electrons. The van der Waals surface area contributed by atoms with Gasteiger partial charge in [0.25, 0.3) is 5.91 Å². The first-order valence-electron chi connectivity index (χ1n) is 7.85. The van der Waals surface area contributed by atoms with Crippen molar-refractivity contribution < 1.29 is 4.79 Å². The van der Waals surface area contributed by atoms with Gasteiger partial charge < -0.3 is 16.0 Å². The number of rotatable bonds is 3. The molecule has 3 rings (SSSR count). The molecule has 0 atom stereocenters. The lowest BCUT2D eigenvalue weighted by Crippen LogP contribution is -2.30. The molecule has 0 spiro atoms. The number of hydrogen-bond donors (Lipinski definition) is 2. The molecule has 23 heavy (non-hydrogen) atoms. The molecule has 5 heteroatoms. The van der Waals surface area contributed by atoms with Crippen LogP contribution in [0.1, 0.15) is 29.6 Å². The predicted octanol–water partition coefficient (Wildman–Crippen LogP) is 4.27. The Hall–Kier alpha value is -2.01. The summed E-state index contributed by atoms with van der Waals surface area (Å²) in [5, 5.41) is 3.01. The molecule has 0 bridgehead atoms. The second-order valence-corrected chi connectivity index (χ2v) is 6.70. The Bertz CT molecular complexity index is 694. The molecule has 4 nitrogen and oxygen atoms in total. The van der Waals surface area contributed by atoms with E-state index in [0.29, 0.717) is 11.3 Å². The lowest BCUT2D eigenvalue weighted by Gasteiger charge is -2.30. The standard InChI is InChI=1S/C18H20BrN3O/c19-14-6-4-13(5-7-14)18(23)21-16-12-15(20)8-9-17(16)22-10-2-1-3-11-22/h4-9,12H,1-3,10-11,20H2,(H,21,23). The van der Waals surface area contributed by atoms with Gasteiger partial charge in [-0.05, 0) is 61.7 Å². The van der Waals surface area contributed by atoms with Crippen LogP contribution in [0.25, 0.3) is 0 Å². The van der Waals surface area contributed by atoms with Crippen molar-refractivity contribution in [3.05, 3.63) is 52.5 Å². The van der Waals surface area contributed by atoms with Crippen LogP contribution in [0.5, 0.6) is 0 Å². The van der Waals surface area contributed by atoms with Crippen molar-refractivity contribution in [1.29, 1.82) is 0 Å². The van der Waals surface area contributed by atoms with Gasteiger partial charge in [0.15, 0.2) is 0 Å². The number of benzene rings is 2. The van der Waals surface area contributed by atoms with Gasteiger partial charge >= 0.3 is 0 Å². The van der Waals surface area contributed by atoms with E-state index in [-0.39, 0.29) is 5.91 Å². The summed E-state index contributed by atoms with van der Waals surface area (Å²) in [7, 11) is 0. The number of amides is 1. The van der Waals surface area contributed by atoms with Crippen LogP contribution in [0.15, 0.2) is 46.9 Å². The van der Waals surface area contributed by atoms with Gasteiger partial charge in [0, 0.05) is 28.8 Å². The fraction of sp³-hybridized carbons (Fsp3) is 0.278. The number of nitrogens with one attached hydrogen (secondary N) is 1. The highest BCUT2D eigenvalue weighted by molar-refractivity contribution is 9.10. The average molecular weight is 374 g/mol. The molecule has 120 valence electrons. The minimum absolute atomic E-state index is 0.124. The molecular formula is C18H20BrN3O. The number of nitrogens with two attached hydrogens (primary N) is 1. The van der Waals surface area contributed by atoms with Crippen LogP contribution in [0.4, 0.5) is 17.1 Å². The summed E-state index contributed by atoms with van der Waals surface area (Å²) in [4.78, 5) is 14.8. The summed E-state index contributed by atoms with van der Waals surface area (Å²) < 4.78 is 0.951.